The van der Waals surface area contributed by atoms with Gasteiger partial charge in [-0.05, 0) is 63.5 Å². The van der Waals surface area contributed by atoms with Gasteiger partial charge in [-0.15, -0.1) is 0 Å². The number of carbonyl (C=O) groups excluding carboxylic acids is 2. The maximum Gasteiger partial charge on any atom is 0.209 e. The molecule has 0 spiro atoms. The fraction of sp³-hybridized carbons (Fsp3) is 0.739. The van der Waals surface area contributed by atoms with Crippen LogP contribution in [0.25, 0.3) is 0 Å². The number of Topliss-reactive ketones (excluding diaryl/α,β-unsaturated/α-hetero) is 2. The van der Waals surface area contributed by atoms with Gasteiger partial charge in [-0.3, -0.25) is 14.2 Å². The molecule has 2 atom stereocenters. The maximum absolute atomic E-state index is 13.7. The highest BCUT2D eigenvalue weighted by molar-refractivity contribution is 7.34. The van der Waals surface area contributed by atoms with Crippen molar-refractivity contribution < 1.29 is 33.1 Å². The van der Waals surface area contributed by atoms with E-state index in [-0.39, 0.29) is 37.3 Å². The fourth-order valence-corrected chi connectivity index (χ4v) is 6.85. The Kier molecular flexibility index (Phi) is 28.8. The lowest BCUT2D eigenvalue weighted by molar-refractivity contribution is -0.123. The van der Waals surface area contributed by atoms with Gasteiger partial charge in [-0.25, -0.2) is 0 Å². The van der Waals surface area contributed by atoms with Crippen LogP contribution in [0.3, 0.4) is 0 Å². The molecule has 1 rings (SSSR count). The first-order valence-corrected chi connectivity index (χ1v) is 22.5. The zero-order chi connectivity index (χ0) is 40.0. The van der Waals surface area contributed by atoms with Gasteiger partial charge in [0.25, 0.3) is 0 Å². The lowest BCUT2D eigenvalue weighted by Crippen LogP contribution is -2.31. The third kappa shape index (κ3) is 20.3. The van der Waals surface area contributed by atoms with E-state index in [1.165, 1.54) is 38.5 Å². The van der Waals surface area contributed by atoms with Crippen LogP contribution in [0.2, 0.25) is 0 Å². The molecule has 0 aromatic heterocycles. The van der Waals surface area contributed by atoms with Crippen molar-refractivity contribution in [2.45, 2.75) is 208 Å². The Balaban J connectivity index is 3.80. The van der Waals surface area contributed by atoms with Crippen molar-refractivity contribution in [2.75, 3.05) is 13.2 Å². The van der Waals surface area contributed by atoms with Crippen LogP contribution >= 0.6 is 8.46 Å². The average Bonchev–Trinajstić information content (AvgIpc) is 3.16. The van der Waals surface area contributed by atoms with Gasteiger partial charge in [0.2, 0.25) is 11.5 Å². The number of benzene rings is 1. The molecule has 7 nitrogen and oxygen atoms in total. The lowest BCUT2D eigenvalue weighted by atomic mass is 10.0. The zero-order valence-electron chi connectivity index (χ0n) is 35.3. The predicted octanol–water partition coefficient (Wildman–Crippen LogP) is 13.6. The number of rotatable bonds is 37. The molecule has 0 saturated heterocycles. The molecular formula is C46H77O7P. The lowest BCUT2D eigenvalue weighted by Gasteiger charge is -2.27. The highest BCUT2D eigenvalue weighted by Gasteiger charge is 2.32. The average molecular weight is 773 g/mol. The summed E-state index contributed by atoms with van der Waals surface area (Å²) in [6, 6.07) is 1.69. The second-order valence-electron chi connectivity index (χ2n) is 15.1. The summed E-state index contributed by atoms with van der Waals surface area (Å²) >= 11 is 0. The van der Waals surface area contributed by atoms with E-state index in [0.717, 1.165) is 103 Å². The van der Waals surface area contributed by atoms with E-state index in [4.69, 9.17) is 18.9 Å². The van der Waals surface area contributed by atoms with Crippen LogP contribution in [0.1, 0.15) is 196 Å². The molecule has 8 heteroatoms. The summed E-state index contributed by atoms with van der Waals surface area (Å²) < 4.78 is 39.3. The molecule has 0 amide bonds. The first-order valence-electron chi connectivity index (χ1n) is 21.7. The van der Waals surface area contributed by atoms with Crippen molar-refractivity contribution in [1.29, 1.82) is 0 Å². The Bertz CT molecular complexity index is 1230. The summed E-state index contributed by atoms with van der Waals surface area (Å²) in [6.45, 7) is 20.9. The summed E-state index contributed by atoms with van der Waals surface area (Å²) in [4.78, 5) is 27.4. The Hall–Kier alpha value is -2.66. The van der Waals surface area contributed by atoms with Gasteiger partial charge < -0.3 is 18.9 Å². The molecule has 0 fully saturated rings. The molecule has 1 aromatic rings. The first-order chi connectivity index (χ1) is 26.2. The van der Waals surface area contributed by atoms with Crippen LogP contribution in [-0.4, -0.2) is 37.0 Å². The van der Waals surface area contributed by atoms with Crippen molar-refractivity contribution in [3.05, 3.63) is 30.4 Å². The summed E-state index contributed by atoms with van der Waals surface area (Å²) in [5.41, 5.74) is 0.799. The number of hydrogen-bond acceptors (Lipinski definition) is 7. The smallest absolute Gasteiger partial charge is 0.209 e. The fourth-order valence-electron chi connectivity index (χ4n) is 6.43. The molecule has 0 N–H and O–H groups in total. The largest absolute Gasteiger partial charge is 0.490 e. The van der Waals surface area contributed by atoms with E-state index in [0.29, 0.717) is 48.3 Å². The van der Waals surface area contributed by atoms with Crippen molar-refractivity contribution in [3.63, 3.8) is 0 Å². The third-order valence-electron chi connectivity index (χ3n) is 9.82. The van der Waals surface area contributed by atoms with Crippen LogP contribution in [0.5, 0.6) is 23.0 Å². The second-order valence-corrected chi connectivity index (χ2v) is 15.8. The summed E-state index contributed by atoms with van der Waals surface area (Å²) in [5.74, 6) is 0.576. The molecular weight excluding hydrogens is 695 g/mol. The molecule has 54 heavy (non-hydrogen) atoms. The number of carbonyl (C=O) groups is 2. The molecule has 0 aliphatic rings. The second kappa shape index (κ2) is 31.5. The highest BCUT2D eigenvalue weighted by atomic mass is 31.1. The minimum absolute atomic E-state index is 0.165. The molecule has 0 aliphatic heterocycles. The number of ketones is 2. The summed E-state index contributed by atoms with van der Waals surface area (Å²) in [7, 11) is -0.279. The van der Waals surface area contributed by atoms with Gasteiger partial charge >= 0.3 is 0 Å². The van der Waals surface area contributed by atoms with E-state index in [2.05, 4.69) is 40.9 Å². The Morgan fingerprint density at radius 3 is 1.31 bits per heavy atom. The van der Waals surface area contributed by atoms with Crippen LogP contribution < -0.4 is 24.3 Å². The molecule has 0 heterocycles. The zero-order valence-corrected chi connectivity index (χ0v) is 36.2. The van der Waals surface area contributed by atoms with Crippen LogP contribution in [0.4, 0.5) is 0 Å². The van der Waals surface area contributed by atoms with Crippen molar-refractivity contribution in [3.8, 4) is 23.0 Å². The van der Waals surface area contributed by atoms with Gasteiger partial charge in [0.05, 0.1) is 18.5 Å². The number of ether oxygens (including phenoxy) is 4. The van der Waals surface area contributed by atoms with E-state index in [1.807, 2.05) is 0 Å². The van der Waals surface area contributed by atoms with Gasteiger partial charge in [-0.2, -0.15) is 0 Å². The number of hydrogen-bond donors (Lipinski definition) is 0. The molecule has 0 saturated carbocycles. The van der Waals surface area contributed by atoms with Crippen molar-refractivity contribution in [1.82, 2.24) is 0 Å². The Morgan fingerprint density at radius 2 is 0.907 bits per heavy atom. The topological polar surface area (TPSA) is 88.1 Å². The standard InChI is InChI=1S/C46H77O7P/c1-9-13-17-21-25-29-33-50-40-35-41(54-49)45(51-34-30-26-22-18-14-10-2)46(53-39(43(48)37(7)8)32-28-24-20-16-12-4)44(40)52-38(42(47)36(5)6)31-27-23-19-15-11-3/h35,38-39H,5,7,9-34H2,1-4,6,8H3. The summed E-state index contributed by atoms with van der Waals surface area (Å²) in [5, 5.41) is 0.355. The minimum atomic E-state index is -0.864. The van der Waals surface area contributed by atoms with Crippen LogP contribution in [0.15, 0.2) is 30.4 Å². The van der Waals surface area contributed by atoms with E-state index in [9.17, 15) is 14.2 Å². The van der Waals surface area contributed by atoms with E-state index < -0.39 is 12.2 Å². The molecule has 0 aliphatic carbocycles. The molecule has 0 bridgehead atoms. The monoisotopic (exact) mass is 773 g/mol. The number of unbranched alkanes of at least 4 members (excludes halogenated alkanes) is 18. The van der Waals surface area contributed by atoms with Gasteiger partial charge in [0, 0.05) is 6.07 Å². The summed E-state index contributed by atoms with van der Waals surface area (Å²) in [6.07, 6.45) is 22.6. The first kappa shape index (κ1) is 49.4. The normalized spacial score (nSPS) is 12.3. The van der Waals surface area contributed by atoms with E-state index in [1.54, 1.807) is 19.9 Å². The third-order valence-corrected chi connectivity index (χ3v) is 10.3. The van der Waals surface area contributed by atoms with Gasteiger partial charge in [0.15, 0.2) is 43.7 Å². The SMILES string of the molecule is C=C(C)C(=O)C(CCCCCCC)Oc1c(OCCCCCCCC)cc(P=O)c(OCCCCCCCC)c1OC(CCCCCCC)C(=O)C(=C)C. The minimum Gasteiger partial charge on any atom is -0.490 e. The molecule has 0 radical (unpaired) electrons. The highest BCUT2D eigenvalue weighted by Crippen LogP contribution is 2.47. The van der Waals surface area contributed by atoms with Crippen molar-refractivity contribution in [2.24, 2.45) is 0 Å². The van der Waals surface area contributed by atoms with Gasteiger partial charge in [-0.1, -0.05) is 156 Å². The molecule has 2 unspecified atom stereocenters. The van der Waals surface area contributed by atoms with Gasteiger partial charge in [0.1, 0.15) is 0 Å². The predicted molar refractivity (Wildman–Crippen MR) is 227 cm³/mol. The van der Waals surface area contributed by atoms with Crippen LogP contribution in [0, 0.1) is 0 Å². The quantitative estimate of drug-likeness (QED) is 0.0378. The maximum atomic E-state index is 13.7. The molecule has 1 aromatic carbocycles. The Morgan fingerprint density at radius 1 is 0.537 bits per heavy atom. The molecule has 308 valence electrons. The van der Waals surface area contributed by atoms with Crippen LogP contribution in [-0.2, 0) is 14.2 Å². The van der Waals surface area contributed by atoms with E-state index >= 15 is 0 Å². The van der Waals surface area contributed by atoms with Crippen molar-refractivity contribution >= 4 is 25.3 Å². The Labute approximate surface area is 332 Å².